The molecule has 3 rings (SSSR count). The summed E-state index contributed by atoms with van der Waals surface area (Å²) in [5, 5.41) is 0. The average Bonchev–Trinajstić information content (AvgIpc) is 2.49. The van der Waals surface area contributed by atoms with Gasteiger partial charge in [-0.15, -0.1) is 0 Å². The molecule has 0 amide bonds. The van der Waals surface area contributed by atoms with Crippen LogP contribution in [0.3, 0.4) is 0 Å². The zero-order valence-electron chi connectivity index (χ0n) is 13.1. The number of rotatable bonds is 3. The number of benzene rings is 2. The minimum Gasteiger partial charge on any atom is -0.462 e. The topological polar surface area (TPSA) is 53.7 Å². The Kier molecular flexibility index (Phi) is 3.71. The fourth-order valence-corrected chi connectivity index (χ4v) is 2.81. The predicted octanol–water partition coefficient (Wildman–Crippen LogP) is 4.31. The van der Waals surface area contributed by atoms with Crippen molar-refractivity contribution in [1.82, 2.24) is 0 Å². The van der Waals surface area contributed by atoms with Gasteiger partial charge in [-0.25, -0.2) is 0 Å². The molecule has 2 N–H and O–H groups in total. The maximum atomic E-state index is 6.01. The van der Waals surface area contributed by atoms with Crippen LogP contribution in [0.2, 0.25) is 0 Å². The number of nitrogen functional groups attached to an aromatic ring is 1. The second-order valence-electron chi connectivity index (χ2n) is 5.92. The summed E-state index contributed by atoms with van der Waals surface area (Å²) in [6, 6.07) is 13.3. The van der Waals surface area contributed by atoms with Crippen LogP contribution in [0.1, 0.15) is 31.7 Å². The van der Waals surface area contributed by atoms with Crippen molar-refractivity contribution in [2.75, 3.05) is 12.8 Å². The van der Waals surface area contributed by atoms with Crippen molar-refractivity contribution in [3.8, 4) is 17.2 Å². The van der Waals surface area contributed by atoms with E-state index in [9.17, 15) is 0 Å². The van der Waals surface area contributed by atoms with Crippen LogP contribution in [0.15, 0.2) is 42.5 Å². The van der Waals surface area contributed by atoms with E-state index in [1.165, 1.54) is 5.56 Å². The number of anilines is 1. The lowest BCUT2D eigenvalue weighted by Crippen LogP contribution is -2.39. The molecular weight excluding hydrogens is 278 g/mol. The molecule has 0 aromatic heterocycles. The van der Waals surface area contributed by atoms with Crippen LogP contribution in [-0.2, 0) is 4.74 Å². The van der Waals surface area contributed by atoms with Gasteiger partial charge in [0.1, 0.15) is 17.2 Å². The highest BCUT2D eigenvalue weighted by Crippen LogP contribution is 2.43. The van der Waals surface area contributed by atoms with Gasteiger partial charge in [-0.1, -0.05) is 13.0 Å². The Morgan fingerprint density at radius 3 is 2.50 bits per heavy atom. The van der Waals surface area contributed by atoms with Crippen LogP contribution in [0, 0.1) is 0 Å². The molecule has 0 saturated carbocycles. The Morgan fingerprint density at radius 2 is 1.82 bits per heavy atom. The Morgan fingerprint density at radius 1 is 1.14 bits per heavy atom. The first-order chi connectivity index (χ1) is 10.5. The first-order valence-electron chi connectivity index (χ1n) is 7.40. The highest BCUT2D eigenvalue weighted by atomic mass is 16.7. The van der Waals surface area contributed by atoms with Gasteiger partial charge in [0.15, 0.2) is 0 Å². The van der Waals surface area contributed by atoms with Gasteiger partial charge in [-0.05, 0) is 41.8 Å². The van der Waals surface area contributed by atoms with Crippen LogP contribution in [0.25, 0.3) is 0 Å². The zero-order valence-corrected chi connectivity index (χ0v) is 13.1. The molecular formula is C18H21NO3. The summed E-state index contributed by atoms with van der Waals surface area (Å²) >= 11 is 0. The number of ether oxygens (including phenoxy) is 3. The molecule has 0 aliphatic carbocycles. The van der Waals surface area contributed by atoms with E-state index in [2.05, 4.69) is 13.0 Å². The Bertz CT molecular complexity index is 669. The molecule has 2 aromatic rings. The van der Waals surface area contributed by atoms with Crippen molar-refractivity contribution in [2.24, 2.45) is 0 Å². The second-order valence-corrected chi connectivity index (χ2v) is 5.92. The lowest BCUT2D eigenvalue weighted by molar-refractivity contribution is -0.164. The fourth-order valence-electron chi connectivity index (χ4n) is 2.81. The van der Waals surface area contributed by atoms with E-state index in [4.69, 9.17) is 19.9 Å². The highest BCUT2D eigenvalue weighted by molar-refractivity contribution is 5.47. The molecule has 116 valence electrons. The lowest BCUT2D eigenvalue weighted by Gasteiger charge is -2.37. The summed E-state index contributed by atoms with van der Waals surface area (Å²) in [4.78, 5) is 0. The van der Waals surface area contributed by atoms with E-state index >= 15 is 0 Å². The monoisotopic (exact) mass is 299 g/mol. The first-order valence-corrected chi connectivity index (χ1v) is 7.40. The number of methoxy groups -OCH3 is 1. The smallest absolute Gasteiger partial charge is 0.208 e. The Hall–Kier alpha value is -2.20. The van der Waals surface area contributed by atoms with E-state index in [0.717, 1.165) is 23.7 Å². The van der Waals surface area contributed by atoms with Crippen molar-refractivity contribution in [3.63, 3.8) is 0 Å². The van der Waals surface area contributed by atoms with Crippen molar-refractivity contribution in [3.05, 3.63) is 48.0 Å². The van der Waals surface area contributed by atoms with Crippen molar-refractivity contribution in [2.45, 2.75) is 32.0 Å². The third kappa shape index (κ3) is 2.88. The summed E-state index contributed by atoms with van der Waals surface area (Å²) < 4.78 is 17.4. The van der Waals surface area contributed by atoms with Crippen molar-refractivity contribution >= 4 is 5.69 Å². The molecule has 0 fully saturated rings. The van der Waals surface area contributed by atoms with E-state index in [1.807, 2.05) is 43.3 Å². The van der Waals surface area contributed by atoms with Crippen LogP contribution in [-0.4, -0.2) is 12.9 Å². The molecule has 2 unspecified atom stereocenters. The van der Waals surface area contributed by atoms with Gasteiger partial charge in [0.25, 0.3) is 0 Å². The third-order valence-electron chi connectivity index (χ3n) is 4.07. The van der Waals surface area contributed by atoms with Gasteiger partial charge in [0, 0.05) is 32.2 Å². The van der Waals surface area contributed by atoms with E-state index in [1.54, 1.807) is 7.11 Å². The quantitative estimate of drug-likeness (QED) is 0.858. The van der Waals surface area contributed by atoms with Crippen LogP contribution in [0.5, 0.6) is 17.2 Å². The minimum atomic E-state index is -0.591. The van der Waals surface area contributed by atoms with E-state index in [-0.39, 0.29) is 0 Å². The standard InChI is InChI=1S/C18H21NO3/c1-12-11-18(2,20-3)22-17-10-15(8-9-16(12)17)21-14-6-4-13(19)5-7-14/h4-10,12H,11,19H2,1-3H3. The van der Waals surface area contributed by atoms with E-state index in [0.29, 0.717) is 11.6 Å². The van der Waals surface area contributed by atoms with Crippen LogP contribution >= 0.6 is 0 Å². The van der Waals surface area contributed by atoms with Crippen molar-refractivity contribution < 1.29 is 14.2 Å². The summed E-state index contributed by atoms with van der Waals surface area (Å²) in [5.41, 5.74) is 7.58. The van der Waals surface area contributed by atoms with Gasteiger partial charge < -0.3 is 19.9 Å². The first kappa shape index (κ1) is 14.7. The molecule has 22 heavy (non-hydrogen) atoms. The lowest BCUT2D eigenvalue weighted by atomic mass is 9.90. The molecule has 0 bridgehead atoms. The summed E-state index contributed by atoms with van der Waals surface area (Å²) in [6.07, 6.45) is 0.828. The Balaban J connectivity index is 1.87. The predicted molar refractivity (Wildman–Crippen MR) is 86.4 cm³/mol. The summed E-state index contributed by atoms with van der Waals surface area (Å²) in [5.74, 6) is 2.07. The molecule has 1 aliphatic rings. The summed E-state index contributed by atoms with van der Waals surface area (Å²) in [7, 11) is 1.67. The van der Waals surface area contributed by atoms with Gasteiger partial charge in [-0.2, -0.15) is 0 Å². The van der Waals surface area contributed by atoms with Gasteiger partial charge in [0.05, 0.1) is 0 Å². The van der Waals surface area contributed by atoms with Gasteiger partial charge in [-0.3, -0.25) is 0 Å². The molecule has 2 aromatic carbocycles. The average molecular weight is 299 g/mol. The number of nitrogens with two attached hydrogens (primary N) is 1. The number of hydrogen-bond donors (Lipinski definition) is 1. The fraction of sp³-hybridized carbons (Fsp3) is 0.333. The van der Waals surface area contributed by atoms with Crippen molar-refractivity contribution in [1.29, 1.82) is 0 Å². The number of hydrogen-bond acceptors (Lipinski definition) is 4. The molecule has 4 heteroatoms. The molecule has 4 nitrogen and oxygen atoms in total. The van der Waals surface area contributed by atoms with Gasteiger partial charge >= 0.3 is 0 Å². The zero-order chi connectivity index (χ0) is 15.7. The van der Waals surface area contributed by atoms with Gasteiger partial charge in [0.2, 0.25) is 5.79 Å². The Labute approximate surface area is 130 Å². The van der Waals surface area contributed by atoms with E-state index < -0.39 is 5.79 Å². The molecule has 1 aliphatic heterocycles. The van der Waals surface area contributed by atoms with Crippen LogP contribution in [0.4, 0.5) is 5.69 Å². The molecule has 1 heterocycles. The maximum Gasteiger partial charge on any atom is 0.208 e. The minimum absolute atomic E-state index is 0.374. The van der Waals surface area contributed by atoms with Crippen LogP contribution < -0.4 is 15.2 Å². The SMILES string of the molecule is COC1(C)CC(C)c2ccc(Oc3ccc(N)cc3)cc2O1. The molecule has 0 spiro atoms. The molecule has 2 atom stereocenters. The highest BCUT2D eigenvalue weighted by Gasteiger charge is 2.35. The summed E-state index contributed by atoms with van der Waals surface area (Å²) in [6.45, 7) is 4.14. The third-order valence-corrected chi connectivity index (χ3v) is 4.07. The molecule has 0 radical (unpaired) electrons. The maximum absolute atomic E-state index is 6.01. The molecule has 0 saturated heterocycles. The number of fused-ring (bicyclic) bond motifs is 1. The largest absolute Gasteiger partial charge is 0.462 e. The second kappa shape index (κ2) is 5.54. The normalized spacial score (nSPS) is 23.5.